The third kappa shape index (κ3) is 0.925. The fourth-order valence-electron chi connectivity index (χ4n) is 1.91. The van der Waals surface area contributed by atoms with E-state index in [1.54, 1.807) is 0 Å². The first kappa shape index (κ1) is 7.86. The summed E-state index contributed by atoms with van der Waals surface area (Å²) in [4.78, 5) is 0. The lowest BCUT2D eigenvalue weighted by Crippen LogP contribution is -1.93. The monoisotopic (exact) mass is 212 g/mol. The lowest BCUT2D eigenvalue weighted by Gasteiger charge is -2.09. The van der Waals surface area contributed by atoms with Gasteiger partial charge in [0.15, 0.2) is 0 Å². The first-order valence-electron chi connectivity index (χ1n) is 4.09. The van der Waals surface area contributed by atoms with Gasteiger partial charge in [-0.2, -0.15) is 0 Å². The van der Waals surface area contributed by atoms with Gasteiger partial charge in [-0.1, -0.05) is 41.4 Å². The zero-order valence-electron chi connectivity index (χ0n) is 6.63. The van der Waals surface area contributed by atoms with E-state index in [4.69, 9.17) is 27.9 Å². The molecule has 1 aromatic carbocycles. The Hall–Kier alpha value is -0.500. The van der Waals surface area contributed by atoms with E-state index in [9.17, 15) is 0 Å². The van der Waals surface area contributed by atoms with Crippen molar-refractivity contribution in [2.45, 2.75) is 12.2 Å². The summed E-state index contributed by atoms with van der Waals surface area (Å²) in [6, 6.07) is 3.80. The number of halogens is 2. The minimum Gasteiger partial charge on any atom is -0.357 e. The average molecular weight is 213 g/mol. The van der Waals surface area contributed by atoms with Crippen molar-refractivity contribution in [3.8, 4) is 0 Å². The second kappa shape index (κ2) is 2.50. The molecule has 13 heavy (non-hydrogen) atoms. The largest absolute Gasteiger partial charge is 0.357 e. The molecule has 2 aliphatic rings. The van der Waals surface area contributed by atoms with Crippen molar-refractivity contribution in [2.75, 3.05) is 0 Å². The maximum Gasteiger partial charge on any atom is 0.104 e. The maximum atomic E-state index is 6.09. The molecule has 2 aliphatic heterocycles. The van der Waals surface area contributed by atoms with Crippen LogP contribution < -0.4 is 0 Å². The molecule has 0 fully saturated rings. The molecule has 0 N–H and O–H groups in total. The molecule has 3 rings (SSSR count). The van der Waals surface area contributed by atoms with Crippen molar-refractivity contribution in [3.63, 3.8) is 0 Å². The Balaban J connectivity index is 2.30. The molecule has 2 heterocycles. The van der Waals surface area contributed by atoms with E-state index in [0.29, 0.717) is 10.0 Å². The molecule has 0 saturated heterocycles. The highest BCUT2D eigenvalue weighted by Crippen LogP contribution is 2.49. The van der Waals surface area contributed by atoms with Crippen LogP contribution in [0.1, 0.15) is 23.3 Å². The van der Waals surface area contributed by atoms with Crippen LogP contribution in [-0.2, 0) is 4.74 Å². The molecule has 0 amide bonds. The first-order chi connectivity index (χ1) is 6.27. The van der Waals surface area contributed by atoms with E-state index in [0.717, 1.165) is 11.1 Å². The fraction of sp³-hybridized carbons (Fsp3) is 0.200. The van der Waals surface area contributed by atoms with Crippen molar-refractivity contribution < 1.29 is 4.74 Å². The highest BCUT2D eigenvalue weighted by molar-refractivity contribution is 6.42. The predicted octanol–water partition coefficient (Wildman–Crippen LogP) is 3.68. The number of rotatable bonds is 0. The molecule has 3 heteroatoms. The van der Waals surface area contributed by atoms with Crippen LogP contribution in [0.5, 0.6) is 0 Å². The van der Waals surface area contributed by atoms with E-state index < -0.39 is 0 Å². The molecule has 1 aromatic rings. The average Bonchev–Trinajstić information content (AvgIpc) is 2.70. The van der Waals surface area contributed by atoms with Crippen LogP contribution in [-0.4, -0.2) is 0 Å². The summed E-state index contributed by atoms with van der Waals surface area (Å²) in [6.45, 7) is 0. The summed E-state index contributed by atoms with van der Waals surface area (Å²) in [5.41, 5.74) is 2.20. The van der Waals surface area contributed by atoms with E-state index >= 15 is 0 Å². The summed E-state index contributed by atoms with van der Waals surface area (Å²) in [7, 11) is 0. The SMILES string of the molecule is Clc1ccc2c(c1Cl)C1C=CC2O1. The Labute approximate surface area is 85.9 Å². The van der Waals surface area contributed by atoms with Crippen LogP contribution in [0, 0.1) is 0 Å². The predicted molar refractivity (Wildman–Crippen MR) is 52.2 cm³/mol. The molecule has 2 atom stereocenters. The highest BCUT2D eigenvalue weighted by Gasteiger charge is 2.35. The van der Waals surface area contributed by atoms with E-state index in [2.05, 4.69) is 6.08 Å². The normalized spacial score (nSPS) is 28.2. The Morgan fingerprint density at radius 1 is 1.08 bits per heavy atom. The summed E-state index contributed by atoms with van der Waals surface area (Å²) in [6.07, 6.45) is 4.19. The first-order valence-corrected chi connectivity index (χ1v) is 4.84. The number of hydrogen-bond acceptors (Lipinski definition) is 1. The minimum atomic E-state index is 0.0196. The second-order valence-electron chi connectivity index (χ2n) is 3.23. The van der Waals surface area contributed by atoms with Crippen LogP contribution in [0.3, 0.4) is 0 Å². The van der Waals surface area contributed by atoms with Crippen molar-refractivity contribution in [3.05, 3.63) is 45.5 Å². The Morgan fingerprint density at radius 3 is 2.69 bits per heavy atom. The summed E-state index contributed by atoms with van der Waals surface area (Å²) in [5, 5.41) is 1.24. The second-order valence-corrected chi connectivity index (χ2v) is 4.01. The molecule has 2 bridgehead atoms. The molecule has 0 radical (unpaired) electrons. The summed E-state index contributed by atoms with van der Waals surface area (Å²) < 4.78 is 5.62. The zero-order chi connectivity index (χ0) is 9.00. The van der Waals surface area contributed by atoms with E-state index in [1.807, 2.05) is 18.2 Å². The lowest BCUT2D eigenvalue weighted by molar-refractivity contribution is 0.0879. The molecule has 0 spiro atoms. The van der Waals surface area contributed by atoms with Gasteiger partial charge in [0, 0.05) is 5.56 Å². The van der Waals surface area contributed by atoms with Crippen molar-refractivity contribution >= 4 is 23.2 Å². The molecule has 0 aromatic heterocycles. The van der Waals surface area contributed by atoms with Crippen LogP contribution >= 0.6 is 23.2 Å². The Bertz CT molecular complexity index is 412. The Kier molecular flexibility index (Phi) is 1.51. The van der Waals surface area contributed by atoms with Crippen LogP contribution in [0.15, 0.2) is 24.3 Å². The lowest BCUT2D eigenvalue weighted by atomic mass is 9.97. The van der Waals surface area contributed by atoms with Gasteiger partial charge in [-0.3, -0.25) is 0 Å². The fourth-order valence-corrected chi connectivity index (χ4v) is 2.35. The molecule has 2 unspecified atom stereocenters. The zero-order valence-corrected chi connectivity index (χ0v) is 8.14. The van der Waals surface area contributed by atoms with Gasteiger partial charge < -0.3 is 4.74 Å². The van der Waals surface area contributed by atoms with Gasteiger partial charge in [-0.15, -0.1) is 0 Å². The summed E-state index contributed by atoms with van der Waals surface area (Å²) in [5.74, 6) is 0. The Morgan fingerprint density at radius 2 is 1.85 bits per heavy atom. The number of fused-ring (bicyclic) bond motifs is 5. The third-order valence-electron chi connectivity index (χ3n) is 2.51. The standard InChI is InChI=1S/C10H6Cl2O/c11-6-2-1-5-7-3-4-8(13-7)9(5)10(6)12/h1-4,7-8H. The van der Waals surface area contributed by atoms with Gasteiger partial charge in [0.05, 0.1) is 10.0 Å². The highest BCUT2D eigenvalue weighted by atomic mass is 35.5. The van der Waals surface area contributed by atoms with Gasteiger partial charge in [0.25, 0.3) is 0 Å². The van der Waals surface area contributed by atoms with E-state index in [-0.39, 0.29) is 12.2 Å². The quantitative estimate of drug-likeness (QED) is 0.597. The van der Waals surface area contributed by atoms with Gasteiger partial charge >= 0.3 is 0 Å². The van der Waals surface area contributed by atoms with Crippen molar-refractivity contribution in [2.24, 2.45) is 0 Å². The third-order valence-corrected chi connectivity index (χ3v) is 3.33. The molecule has 66 valence electrons. The number of hydrogen-bond donors (Lipinski definition) is 0. The van der Waals surface area contributed by atoms with Gasteiger partial charge in [-0.05, 0) is 11.6 Å². The molecular formula is C10H6Cl2O. The number of benzene rings is 1. The van der Waals surface area contributed by atoms with Crippen LogP contribution in [0.25, 0.3) is 0 Å². The summed E-state index contributed by atoms with van der Waals surface area (Å²) >= 11 is 12.0. The molecule has 0 aliphatic carbocycles. The van der Waals surface area contributed by atoms with Crippen LogP contribution in [0.2, 0.25) is 10.0 Å². The van der Waals surface area contributed by atoms with Crippen molar-refractivity contribution in [1.82, 2.24) is 0 Å². The number of ether oxygens (including phenoxy) is 1. The van der Waals surface area contributed by atoms with E-state index in [1.165, 1.54) is 0 Å². The van der Waals surface area contributed by atoms with Crippen molar-refractivity contribution in [1.29, 1.82) is 0 Å². The molecule has 1 nitrogen and oxygen atoms in total. The van der Waals surface area contributed by atoms with Crippen LogP contribution in [0.4, 0.5) is 0 Å². The smallest absolute Gasteiger partial charge is 0.104 e. The minimum absolute atomic E-state index is 0.0196. The van der Waals surface area contributed by atoms with Gasteiger partial charge in [0.1, 0.15) is 12.2 Å². The topological polar surface area (TPSA) is 9.23 Å². The maximum absolute atomic E-state index is 6.09. The molecule has 0 saturated carbocycles. The van der Waals surface area contributed by atoms with Gasteiger partial charge in [0.2, 0.25) is 0 Å². The van der Waals surface area contributed by atoms with Gasteiger partial charge in [-0.25, -0.2) is 0 Å². The molecular weight excluding hydrogens is 207 g/mol.